The summed E-state index contributed by atoms with van der Waals surface area (Å²) in [5.41, 5.74) is 0.666. The van der Waals surface area contributed by atoms with Gasteiger partial charge in [0.15, 0.2) is 10.6 Å². The van der Waals surface area contributed by atoms with Crippen molar-refractivity contribution in [2.24, 2.45) is 5.41 Å². The molecule has 1 aliphatic carbocycles. The van der Waals surface area contributed by atoms with Gasteiger partial charge in [-0.15, -0.1) is 0 Å². The molecule has 0 spiro atoms. The lowest BCUT2D eigenvalue weighted by atomic mass is 9.72. The van der Waals surface area contributed by atoms with E-state index in [4.69, 9.17) is 5.11 Å². The van der Waals surface area contributed by atoms with E-state index in [0.29, 0.717) is 30.5 Å². The first kappa shape index (κ1) is 32.2. The van der Waals surface area contributed by atoms with Gasteiger partial charge in [-0.05, 0) is 56.9 Å². The molecule has 1 aromatic carbocycles. The molecular weight excluding hydrogens is 568 g/mol. The molecule has 2 unspecified atom stereocenters. The fourth-order valence-electron chi connectivity index (χ4n) is 5.54. The van der Waals surface area contributed by atoms with Crippen LogP contribution in [-0.2, 0) is 25.0 Å². The van der Waals surface area contributed by atoms with Gasteiger partial charge in [-0.1, -0.05) is 37.1 Å². The summed E-state index contributed by atoms with van der Waals surface area (Å²) >= 11 is 0. The van der Waals surface area contributed by atoms with E-state index in [-0.39, 0.29) is 32.2 Å². The summed E-state index contributed by atoms with van der Waals surface area (Å²) in [7, 11) is -9.29. The Balaban J connectivity index is 2.02. The highest BCUT2D eigenvalue weighted by molar-refractivity contribution is 7.87. The number of unbranched alkanes of at least 4 members (excludes halogenated alkanes) is 3. The second-order valence-corrected chi connectivity index (χ2v) is 13.4. The van der Waals surface area contributed by atoms with E-state index in [9.17, 15) is 30.7 Å². The fraction of sp³-hybridized carbons (Fsp3) is 0.414. The number of carboxylic acid groups (broad SMARTS) is 1. The molecule has 3 N–H and O–H groups in total. The largest absolute Gasteiger partial charge is 0.746 e. The van der Waals surface area contributed by atoms with Gasteiger partial charge in [0, 0.05) is 30.9 Å². The molecule has 0 fully saturated rings. The van der Waals surface area contributed by atoms with Gasteiger partial charge in [0.1, 0.15) is 22.3 Å². The van der Waals surface area contributed by atoms with Crippen LogP contribution in [0.4, 0.5) is 5.69 Å². The summed E-state index contributed by atoms with van der Waals surface area (Å²) in [5, 5.41) is 12.0. The molecule has 0 amide bonds. The highest BCUT2D eigenvalue weighted by Crippen LogP contribution is 2.58. The number of hydrogen-bond donors (Lipinski definition) is 3. The van der Waals surface area contributed by atoms with Crippen molar-refractivity contribution in [3.05, 3.63) is 90.3 Å². The van der Waals surface area contributed by atoms with Crippen molar-refractivity contribution in [2.75, 3.05) is 17.6 Å². The average molecular weight is 605 g/mol. The lowest BCUT2D eigenvalue weighted by Crippen LogP contribution is -2.58. The highest BCUT2D eigenvalue weighted by atomic mass is 32.2. The SMILES string of the molecule is CC1(CCCCS(=O)(=O)O)C2=C(C=C[C+]=C2)N(CCCCCC(=O)O)C1(C=CC=CNc1ccccc1)S(=O)(=O)[O-]. The predicted molar refractivity (Wildman–Crippen MR) is 156 cm³/mol. The maximum Gasteiger partial charge on any atom is 0.303 e. The zero-order valence-electron chi connectivity index (χ0n) is 22.9. The number of benzene rings is 1. The van der Waals surface area contributed by atoms with Gasteiger partial charge in [0.2, 0.25) is 0 Å². The highest BCUT2D eigenvalue weighted by Gasteiger charge is 2.65. The Bertz CT molecular complexity index is 1450. The minimum Gasteiger partial charge on any atom is -0.746 e. The number of para-hydroxylation sites is 1. The molecule has 2 atom stereocenters. The van der Waals surface area contributed by atoms with Gasteiger partial charge in [0.05, 0.1) is 22.8 Å². The summed E-state index contributed by atoms with van der Waals surface area (Å²) in [6, 6.07) is 9.31. The molecule has 0 aromatic heterocycles. The van der Waals surface area contributed by atoms with Crippen molar-refractivity contribution in [3.63, 3.8) is 0 Å². The van der Waals surface area contributed by atoms with Crippen LogP contribution >= 0.6 is 0 Å². The van der Waals surface area contributed by atoms with E-state index in [1.54, 1.807) is 42.3 Å². The summed E-state index contributed by atoms with van der Waals surface area (Å²) < 4.78 is 72.0. The van der Waals surface area contributed by atoms with Gasteiger partial charge in [-0.3, -0.25) is 9.35 Å². The molecule has 12 heteroatoms. The average Bonchev–Trinajstić information content (AvgIpc) is 3.11. The fourth-order valence-corrected chi connectivity index (χ4v) is 7.58. The smallest absolute Gasteiger partial charge is 0.303 e. The minimum absolute atomic E-state index is 0.0128. The van der Waals surface area contributed by atoms with Crippen LogP contribution < -0.4 is 5.32 Å². The molecule has 0 bridgehead atoms. The Labute approximate surface area is 242 Å². The second kappa shape index (κ2) is 13.6. The van der Waals surface area contributed by atoms with Crippen molar-refractivity contribution in [1.82, 2.24) is 4.90 Å². The molecule has 1 aliphatic heterocycles. The Kier molecular flexibility index (Phi) is 10.7. The summed E-state index contributed by atoms with van der Waals surface area (Å²) in [6.07, 6.45) is 15.9. The van der Waals surface area contributed by atoms with Crippen LogP contribution in [0.15, 0.2) is 84.3 Å². The molecule has 0 radical (unpaired) electrons. The number of carboxylic acids is 1. The summed E-state index contributed by atoms with van der Waals surface area (Å²) in [4.78, 5) is 10.5. The van der Waals surface area contributed by atoms with Gasteiger partial charge in [-0.25, -0.2) is 8.42 Å². The van der Waals surface area contributed by atoms with E-state index >= 15 is 0 Å². The van der Waals surface area contributed by atoms with Crippen LogP contribution in [0.3, 0.4) is 0 Å². The predicted octanol–water partition coefficient (Wildman–Crippen LogP) is 4.62. The third-order valence-electron chi connectivity index (χ3n) is 7.45. The summed E-state index contributed by atoms with van der Waals surface area (Å²) in [5.74, 6) is -1.40. The first-order valence-corrected chi connectivity index (χ1v) is 16.4. The summed E-state index contributed by atoms with van der Waals surface area (Å²) in [6.45, 7) is 1.86. The molecule has 10 nitrogen and oxygen atoms in total. The third-order valence-corrected chi connectivity index (χ3v) is 9.83. The van der Waals surface area contributed by atoms with E-state index in [1.165, 1.54) is 12.2 Å². The quantitative estimate of drug-likeness (QED) is 0.105. The first-order chi connectivity index (χ1) is 19.3. The molecular formula is C29H36N2O8S2. The molecule has 1 aromatic rings. The number of carbonyl (C=O) groups is 1. The number of nitrogens with one attached hydrogen (secondary N) is 1. The first-order valence-electron chi connectivity index (χ1n) is 13.4. The Hall–Kier alpha value is -3.28. The van der Waals surface area contributed by atoms with E-state index < -0.39 is 42.2 Å². The Morgan fingerprint density at radius 1 is 1.07 bits per heavy atom. The standard InChI is InChI=1S/C29H36N2O8S2/c1-28(19-10-13-23-40(34,35)36)25-16-7-8-17-26(25)31(22-12-3-6-18-27(32)33)29(28,41(37,38)39)20-9-11-21-30-24-14-4-2-5-15-24/h2,4-5,8-9,11,14-17,20-21,30H,3,6,10,12-13,18-19,22-23H2,1H3,(H2-,32,33,34,35,36,37,38,39). The molecule has 0 saturated heterocycles. The number of aliphatic carboxylic acids is 1. The van der Waals surface area contributed by atoms with Crippen LogP contribution in [0.1, 0.15) is 51.9 Å². The van der Waals surface area contributed by atoms with Crippen molar-refractivity contribution >= 4 is 31.9 Å². The van der Waals surface area contributed by atoms with E-state index in [1.807, 2.05) is 30.3 Å². The lowest BCUT2D eigenvalue weighted by molar-refractivity contribution is -0.137. The molecule has 222 valence electrons. The maximum atomic E-state index is 13.4. The lowest BCUT2D eigenvalue weighted by Gasteiger charge is -2.47. The Morgan fingerprint density at radius 2 is 1.80 bits per heavy atom. The van der Waals surface area contributed by atoms with Gasteiger partial charge < -0.3 is 19.9 Å². The van der Waals surface area contributed by atoms with Gasteiger partial charge in [-0.2, -0.15) is 8.42 Å². The maximum absolute atomic E-state index is 13.4. The molecule has 0 saturated carbocycles. The third kappa shape index (κ3) is 7.72. The molecule has 3 rings (SSSR count). The van der Waals surface area contributed by atoms with E-state index in [0.717, 1.165) is 5.69 Å². The topological polar surface area (TPSA) is 164 Å². The molecule has 1 heterocycles. The number of nitrogens with zero attached hydrogens (tertiary/aromatic N) is 1. The van der Waals surface area contributed by atoms with Crippen LogP contribution in [0.2, 0.25) is 0 Å². The number of hydrogen-bond acceptors (Lipinski definition) is 8. The Morgan fingerprint density at radius 3 is 2.46 bits per heavy atom. The minimum atomic E-state index is -5.09. The normalized spacial score (nSPS) is 22.5. The van der Waals surface area contributed by atoms with Crippen LogP contribution in [0.25, 0.3) is 0 Å². The molecule has 41 heavy (non-hydrogen) atoms. The van der Waals surface area contributed by atoms with Crippen molar-refractivity contribution in [2.45, 2.75) is 56.7 Å². The van der Waals surface area contributed by atoms with Gasteiger partial charge >= 0.3 is 5.97 Å². The zero-order valence-corrected chi connectivity index (χ0v) is 24.5. The van der Waals surface area contributed by atoms with Crippen molar-refractivity contribution in [3.8, 4) is 0 Å². The number of rotatable bonds is 16. The van der Waals surface area contributed by atoms with Gasteiger partial charge in [0.25, 0.3) is 10.1 Å². The molecule has 2 aliphatic rings. The number of allylic oxidation sites excluding steroid dienone is 6. The van der Waals surface area contributed by atoms with Crippen molar-refractivity contribution in [1.29, 1.82) is 0 Å². The second-order valence-electron chi connectivity index (χ2n) is 10.3. The van der Waals surface area contributed by atoms with E-state index in [2.05, 4.69) is 11.4 Å². The number of anilines is 1. The van der Waals surface area contributed by atoms with Crippen LogP contribution in [0, 0.1) is 11.5 Å². The monoisotopic (exact) mass is 604 g/mol. The van der Waals surface area contributed by atoms with Crippen LogP contribution in [-0.4, -0.2) is 59.1 Å². The zero-order chi connectivity index (χ0) is 30.2. The van der Waals surface area contributed by atoms with Crippen LogP contribution in [0.5, 0.6) is 0 Å². The van der Waals surface area contributed by atoms with Crippen molar-refractivity contribution < 1.29 is 35.8 Å².